The van der Waals surface area contributed by atoms with Gasteiger partial charge in [0, 0.05) is 18.5 Å². The molecule has 0 spiro atoms. The second-order valence-corrected chi connectivity index (χ2v) is 3.92. The molecule has 0 saturated carbocycles. The first kappa shape index (κ1) is 12.3. The molecule has 1 heterocycles. The van der Waals surface area contributed by atoms with Crippen molar-refractivity contribution in [1.29, 1.82) is 0 Å². The Kier molecular flexibility index (Phi) is 3.72. The van der Waals surface area contributed by atoms with Crippen molar-refractivity contribution in [2.75, 3.05) is 19.5 Å². The lowest BCUT2D eigenvalue weighted by Crippen LogP contribution is -2.09. The van der Waals surface area contributed by atoms with Gasteiger partial charge in [-0.3, -0.25) is 0 Å². The lowest BCUT2D eigenvalue weighted by molar-refractivity contribution is 0.296. The molecule has 5 heteroatoms. The minimum atomic E-state index is 0.572. The highest BCUT2D eigenvalue weighted by Gasteiger charge is 2.02. The third-order valence-corrected chi connectivity index (χ3v) is 2.73. The fourth-order valence-corrected chi connectivity index (χ4v) is 1.70. The molecule has 0 saturated heterocycles. The van der Waals surface area contributed by atoms with E-state index in [0.717, 1.165) is 18.1 Å². The molecule has 1 aromatic carbocycles. The Hall–Kier alpha value is -2.17. The second-order valence-electron chi connectivity index (χ2n) is 3.92. The quantitative estimate of drug-likeness (QED) is 0.819. The predicted octanol–water partition coefficient (Wildman–Crippen LogP) is 1.86. The summed E-state index contributed by atoms with van der Waals surface area (Å²) < 4.78 is 12.8. The number of rotatable bonds is 5. The van der Waals surface area contributed by atoms with Crippen molar-refractivity contribution in [3.63, 3.8) is 0 Å². The minimum Gasteiger partial charge on any atom is -0.495 e. The molecule has 18 heavy (non-hydrogen) atoms. The van der Waals surface area contributed by atoms with Gasteiger partial charge in [0.1, 0.15) is 23.9 Å². The number of imidazole rings is 1. The van der Waals surface area contributed by atoms with Crippen LogP contribution in [0.2, 0.25) is 0 Å². The fourth-order valence-electron chi connectivity index (χ4n) is 1.70. The van der Waals surface area contributed by atoms with Gasteiger partial charge in [-0.2, -0.15) is 0 Å². The fraction of sp³-hybridized carbons (Fsp3) is 0.308. The maximum atomic E-state index is 5.80. The van der Waals surface area contributed by atoms with E-state index in [1.165, 1.54) is 0 Å². The number of benzene rings is 1. The van der Waals surface area contributed by atoms with E-state index < -0.39 is 0 Å². The lowest BCUT2D eigenvalue weighted by Gasteiger charge is -2.10. The normalized spacial score (nSPS) is 10.3. The molecule has 0 radical (unpaired) electrons. The molecule has 96 valence electrons. The Bertz CT molecular complexity index is 523. The molecule has 0 amide bonds. The topological polar surface area (TPSA) is 62.3 Å². The van der Waals surface area contributed by atoms with Crippen LogP contribution in [-0.2, 0) is 6.54 Å². The number of aryl methyl sites for hydroxylation is 1. The van der Waals surface area contributed by atoms with Crippen molar-refractivity contribution >= 4 is 5.69 Å². The SMILES string of the molecule is COc1ccc(OCCn2ccnc2C)cc1N. The van der Waals surface area contributed by atoms with E-state index in [1.807, 2.05) is 23.8 Å². The van der Waals surface area contributed by atoms with Crippen LogP contribution in [0.25, 0.3) is 0 Å². The summed E-state index contributed by atoms with van der Waals surface area (Å²) in [6.07, 6.45) is 3.71. The maximum absolute atomic E-state index is 5.80. The van der Waals surface area contributed by atoms with Gasteiger partial charge in [0.05, 0.1) is 19.3 Å². The van der Waals surface area contributed by atoms with E-state index in [4.69, 9.17) is 15.2 Å². The molecule has 0 aliphatic heterocycles. The second kappa shape index (κ2) is 5.44. The van der Waals surface area contributed by atoms with Gasteiger partial charge < -0.3 is 19.8 Å². The molecule has 0 atom stereocenters. The molecule has 0 bridgehead atoms. The van der Waals surface area contributed by atoms with Crippen LogP contribution in [0.3, 0.4) is 0 Å². The number of nitrogen functional groups attached to an aromatic ring is 1. The van der Waals surface area contributed by atoms with Crippen molar-refractivity contribution in [1.82, 2.24) is 9.55 Å². The summed E-state index contributed by atoms with van der Waals surface area (Å²) >= 11 is 0. The summed E-state index contributed by atoms with van der Waals surface area (Å²) in [6, 6.07) is 5.41. The Morgan fingerprint density at radius 1 is 1.39 bits per heavy atom. The third-order valence-electron chi connectivity index (χ3n) is 2.73. The molecule has 2 aromatic rings. The van der Waals surface area contributed by atoms with Crippen molar-refractivity contribution in [2.24, 2.45) is 0 Å². The van der Waals surface area contributed by atoms with E-state index in [0.29, 0.717) is 18.0 Å². The molecule has 0 fully saturated rings. The molecule has 2 rings (SSSR count). The van der Waals surface area contributed by atoms with E-state index in [9.17, 15) is 0 Å². The predicted molar refractivity (Wildman–Crippen MR) is 69.9 cm³/mol. The number of hydrogen-bond donors (Lipinski definition) is 1. The van der Waals surface area contributed by atoms with Gasteiger partial charge in [0.2, 0.25) is 0 Å². The monoisotopic (exact) mass is 247 g/mol. The van der Waals surface area contributed by atoms with Crippen LogP contribution in [0, 0.1) is 6.92 Å². The van der Waals surface area contributed by atoms with E-state index in [-0.39, 0.29) is 0 Å². The molecule has 2 N–H and O–H groups in total. The Morgan fingerprint density at radius 3 is 2.83 bits per heavy atom. The number of nitrogens with two attached hydrogens (primary N) is 1. The van der Waals surface area contributed by atoms with Crippen molar-refractivity contribution in [2.45, 2.75) is 13.5 Å². The first-order valence-electron chi connectivity index (χ1n) is 5.75. The largest absolute Gasteiger partial charge is 0.495 e. The van der Waals surface area contributed by atoms with Crippen LogP contribution in [-0.4, -0.2) is 23.3 Å². The third kappa shape index (κ3) is 2.74. The standard InChI is InChI=1S/C13H17N3O2/c1-10-15-5-6-16(10)7-8-18-11-3-4-13(17-2)12(14)9-11/h3-6,9H,7-8,14H2,1-2H3. The van der Waals surface area contributed by atoms with E-state index in [2.05, 4.69) is 4.98 Å². The van der Waals surface area contributed by atoms with Crippen molar-refractivity contribution in [3.8, 4) is 11.5 Å². The van der Waals surface area contributed by atoms with Gasteiger partial charge in [-0.15, -0.1) is 0 Å². The number of anilines is 1. The van der Waals surface area contributed by atoms with Crippen LogP contribution < -0.4 is 15.2 Å². The van der Waals surface area contributed by atoms with Crippen LogP contribution in [0.5, 0.6) is 11.5 Å². The van der Waals surface area contributed by atoms with Gasteiger partial charge in [0.15, 0.2) is 0 Å². The molecule has 0 unspecified atom stereocenters. The minimum absolute atomic E-state index is 0.572. The first-order valence-corrected chi connectivity index (χ1v) is 5.75. The average Bonchev–Trinajstić information content (AvgIpc) is 2.75. The molecule has 1 aromatic heterocycles. The summed E-state index contributed by atoms with van der Waals surface area (Å²) in [5.74, 6) is 2.38. The molecular formula is C13H17N3O2. The summed E-state index contributed by atoms with van der Waals surface area (Å²) in [5.41, 5.74) is 6.38. The van der Waals surface area contributed by atoms with Gasteiger partial charge >= 0.3 is 0 Å². The van der Waals surface area contributed by atoms with Crippen LogP contribution >= 0.6 is 0 Å². The highest BCUT2D eigenvalue weighted by Crippen LogP contribution is 2.25. The zero-order valence-electron chi connectivity index (χ0n) is 10.6. The van der Waals surface area contributed by atoms with E-state index >= 15 is 0 Å². The zero-order chi connectivity index (χ0) is 13.0. The lowest BCUT2D eigenvalue weighted by atomic mass is 10.3. The first-order chi connectivity index (χ1) is 8.70. The number of ether oxygens (including phenoxy) is 2. The Morgan fingerprint density at radius 2 is 2.22 bits per heavy atom. The number of hydrogen-bond acceptors (Lipinski definition) is 4. The molecular weight excluding hydrogens is 230 g/mol. The highest BCUT2D eigenvalue weighted by atomic mass is 16.5. The average molecular weight is 247 g/mol. The number of aromatic nitrogens is 2. The molecule has 0 aliphatic rings. The highest BCUT2D eigenvalue weighted by molar-refractivity contribution is 5.56. The van der Waals surface area contributed by atoms with Crippen LogP contribution in [0.1, 0.15) is 5.82 Å². The van der Waals surface area contributed by atoms with Crippen LogP contribution in [0.4, 0.5) is 5.69 Å². The zero-order valence-corrected chi connectivity index (χ0v) is 10.6. The molecule has 5 nitrogen and oxygen atoms in total. The van der Waals surface area contributed by atoms with Crippen LogP contribution in [0.15, 0.2) is 30.6 Å². The summed E-state index contributed by atoms with van der Waals surface area (Å²) in [6.45, 7) is 3.30. The number of methoxy groups -OCH3 is 1. The van der Waals surface area contributed by atoms with Crippen molar-refractivity contribution in [3.05, 3.63) is 36.4 Å². The van der Waals surface area contributed by atoms with E-state index in [1.54, 1.807) is 25.4 Å². The van der Waals surface area contributed by atoms with Gasteiger partial charge in [0.25, 0.3) is 0 Å². The molecule has 0 aliphatic carbocycles. The van der Waals surface area contributed by atoms with Gasteiger partial charge in [-0.25, -0.2) is 4.98 Å². The smallest absolute Gasteiger partial charge is 0.142 e. The Labute approximate surface area is 106 Å². The summed E-state index contributed by atoms with van der Waals surface area (Å²) in [4.78, 5) is 4.15. The van der Waals surface area contributed by atoms with Crippen molar-refractivity contribution < 1.29 is 9.47 Å². The number of nitrogens with zero attached hydrogens (tertiary/aromatic N) is 2. The van der Waals surface area contributed by atoms with Gasteiger partial charge in [-0.1, -0.05) is 0 Å². The summed E-state index contributed by atoms with van der Waals surface area (Å²) in [5, 5.41) is 0. The van der Waals surface area contributed by atoms with Gasteiger partial charge in [-0.05, 0) is 19.1 Å². The summed E-state index contributed by atoms with van der Waals surface area (Å²) in [7, 11) is 1.59. The maximum Gasteiger partial charge on any atom is 0.142 e. The Balaban J connectivity index is 1.91.